The zero-order chi connectivity index (χ0) is 20.8. The van der Waals surface area contributed by atoms with Crippen LogP contribution < -0.4 is 4.74 Å². The zero-order valence-electron chi connectivity index (χ0n) is 16.0. The smallest absolute Gasteiger partial charge is 0.415 e. The molecule has 1 saturated heterocycles. The lowest BCUT2D eigenvalue weighted by molar-refractivity contribution is -0.384. The first-order chi connectivity index (χ1) is 14.0. The van der Waals surface area contributed by atoms with Crippen LogP contribution in [-0.2, 0) is 9.53 Å². The fourth-order valence-corrected chi connectivity index (χ4v) is 3.63. The second kappa shape index (κ2) is 9.18. The summed E-state index contributed by atoms with van der Waals surface area (Å²) in [5, 5.41) is 10.8. The Kier molecular flexibility index (Phi) is 6.43. The minimum absolute atomic E-state index is 0.0875. The van der Waals surface area contributed by atoms with E-state index >= 15 is 0 Å². The van der Waals surface area contributed by atoms with Crippen molar-refractivity contribution < 1.29 is 24.0 Å². The van der Waals surface area contributed by atoms with Gasteiger partial charge in [0, 0.05) is 18.7 Å². The van der Waals surface area contributed by atoms with Crippen LogP contribution in [0.2, 0.25) is 0 Å². The summed E-state index contributed by atoms with van der Waals surface area (Å²) in [6.45, 7) is 0.455. The first kappa shape index (κ1) is 20.3. The van der Waals surface area contributed by atoms with Crippen molar-refractivity contribution in [2.45, 2.75) is 31.2 Å². The van der Waals surface area contributed by atoms with E-state index in [2.05, 4.69) is 0 Å². The lowest BCUT2D eigenvalue weighted by atomic mass is 9.85. The number of carbonyl (C=O) groups is 2. The fourth-order valence-electron chi connectivity index (χ4n) is 3.63. The maximum Gasteiger partial charge on any atom is 0.415 e. The summed E-state index contributed by atoms with van der Waals surface area (Å²) in [6, 6.07) is 14.1. The van der Waals surface area contributed by atoms with Crippen LogP contribution in [0.4, 0.5) is 10.5 Å². The van der Waals surface area contributed by atoms with E-state index in [9.17, 15) is 19.7 Å². The zero-order valence-corrected chi connectivity index (χ0v) is 16.0. The second-order valence-electron chi connectivity index (χ2n) is 6.79. The molecule has 1 aliphatic heterocycles. The molecule has 1 aliphatic rings. The molecule has 1 heterocycles. The highest BCUT2D eigenvalue weighted by atomic mass is 16.6. The number of ether oxygens (including phenoxy) is 2. The number of rotatable bonds is 5. The Hall–Kier alpha value is -3.42. The number of carbonyl (C=O) groups excluding carboxylic acids is 2. The van der Waals surface area contributed by atoms with E-state index in [-0.39, 0.29) is 11.4 Å². The van der Waals surface area contributed by atoms with Crippen molar-refractivity contribution in [3.63, 3.8) is 0 Å². The van der Waals surface area contributed by atoms with Crippen LogP contribution in [-0.4, -0.2) is 41.6 Å². The van der Waals surface area contributed by atoms with Crippen molar-refractivity contribution in [1.29, 1.82) is 0 Å². The van der Waals surface area contributed by atoms with Crippen LogP contribution in [0.5, 0.6) is 5.75 Å². The Morgan fingerprint density at radius 2 is 1.79 bits per heavy atom. The predicted molar refractivity (Wildman–Crippen MR) is 105 cm³/mol. The number of methoxy groups -OCH3 is 1. The maximum atomic E-state index is 12.9. The number of nitro benzene ring substituents is 1. The topological polar surface area (TPSA) is 99.0 Å². The van der Waals surface area contributed by atoms with Gasteiger partial charge in [0.15, 0.2) is 0 Å². The summed E-state index contributed by atoms with van der Waals surface area (Å²) in [6.07, 6.45) is 1.73. The van der Waals surface area contributed by atoms with E-state index in [1.54, 1.807) is 4.90 Å². The molecule has 0 saturated carbocycles. The summed E-state index contributed by atoms with van der Waals surface area (Å²) >= 11 is 0. The average Bonchev–Trinajstić information content (AvgIpc) is 2.75. The van der Waals surface area contributed by atoms with Gasteiger partial charge in [0.2, 0.25) is 0 Å². The van der Waals surface area contributed by atoms with Gasteiger partial charge in [0.1, 0.15) is 11.7 Å². The second-order valence-corrected chi connectivity index (χ2v) is 6.79. The molecule has 0 aromatic heterocycles. The van der Waals surface area contributed by atoms with Gasteiger partial charge in [0.05, 0.1) is 18.1 Å². The van der Waals surface area contributed by atoms with Gasteiger partial charge in [-0.15, -0.1) is 0 Å². The highest BCUT2D eigenvalue weighted by Crippen LogP contribution is 2.32. The summed E-state index contributed by atoms with van der Waals surface area (Å²) in [5.41, 5.74) is 0.690. The summed E-state index contributed by atoms with van der Waals surface area (Å²) in [7, 11) is 1.33. The van der Waals surface area contributed by atoms with E-state index in [0.29, 0.717) is 13.0 Å². The molecule has 0 aliphatic carbocycles. The van der Waals surface area contributed by atoms with Crippen molar-refractivity contribution in [1.82, 2.24) is 4.90 Å². The number of nitrogens with zero attached hydrogens (tertiary/aromatic N) is 2. The number of likely N-dealkylation sites (tertiary alicyclic amines) is 1. The highest BCUT2D eigenvalue weighted by molar-refractivity contribution is 5.81. The Morgan fingerprint density at radius 1 is 1.10 bits per heavy atom. The highest BCUT2D eigenvalue weighted by Gasteiger charge is 2.39. The van der Waals surface area contributed by atoms with Crippen molar-refractivity contribution >= 4 is 17.7 Å². The largest absolute Gasteiger partial charge is 0.468 e. The van der Waals surface area contributed by atoms with Crippen LogP contribution in [0.3, 0.4) is 0 Å². The normalized spacial score (nSPS) is 17.3. The SMILES string of the molecule is COC(=O)C(c1ccccc1)C1CCCCN1C(=O)Oc1ccc([N+](=O)[O-])cc1. The molecule has 1 amide bonds. The molecule has 0 bridgehead atoms. The van der Waals surface area contributed by atoms with Gasteiger partial charge in [-0.2, -0.15) is 0 Å². The van der Waals surface area contributed by atoms with E-state index in [0.717, 1.165) is 18.4 Å². The number of piperidine rings is 1. The molecule has 29 heavy (non-hydrogen) atoms. The lowest BCUT2D eigenvalue weighted by Crippen LogP contribution is -2.49. The third kappa shape index (κ3) is 4.71. The van der Waals surface area contributed by atoms with Crippen molar-refractivity contribution in [3.05, 3.63) is 70.3 Å². The predicted octanol–water partition coefficient (Wildman–Crippen LogP) is 3.90. The molecule has 0 radical (unpaired) electrons. The number of hydrogen-bond donors (Lipinski definition) is 0. The van der Waals surface area contributed by atoms with Gasteiger partial charge in [-0.3, -0.25) is 14.9 Å². The Morgan fingerprint density at radius 3 is 2.41 bits per heavy atom. The molecule has 8 nitrogen and oxygen atoms in total. The molecule has 3 rings (SSSR count). The third-order valence-electron chi connectivity index (χ3n) is 5.04. The van der Waals surface area contributed by atoms with Gasteiger partial charge in [-0.1, -0.05) is 30.3 Å². The molecule has 152 valence electrons. The average molecular weight is 398 g/mol. The summed E-state index contributed by atoms with van der Waals surface area (Å²) < 4.78 is 10.5. The van der Waals surface area contributed by atoms with Crippen LogP contribution >= 0.6 is 0 Å². The standard InChI is InChI=1S/C21H22N2O6/c1-28-20(24)19(15-7-3-2-4-8-15)18-9-5-6-14-22(18)21(25)29-17-12-10-16(11-13-17)23(26)27/h2-4,7-8,10-13,18-19H,5-6,9,14H2,1H3. The first-order valence-electron chi connectivity index (χ1n) is 9.37. The van der Waals surface area contributed by atoms with Gasteiger partial charge in [-0.05, 0) is 37.0 Å². The van der Waals surface area contributed by atoms with Crippen LogP contribution in [0.1, 0.15) is 30.7 Å². The minimum Gasteiger partial charge on any atom is -0.468 e. The molecule has 0 N–H and O–H groups in total. The molecular formula is C21H22N2O6. The number of amides is 1. The van der Waals surface area contributed by atoms with E-state index in [1.807, 2.05) is 30.3 Å². The molecule has 2 aromatic carbocycles. The van der Waals surface area contributed by atoms with Gasteiger partial charge in [0.25, 0.3) is 5.69 Å². The van der Waals surface area contributed by atoms with Gasteiger partial charge in [-0.25, -0.2) is 4.79 Å². The Balaban J connectivity index is 1.82. The van der Waals surface area contributed by atoms with Crippen molar-refractivity contribution in [3.8, 4) is 5.75 Å². The number of hydrogen-bond acceptors (Lipinski definition) is 6. The number of esters is 1. The van der Waals surface area contributed by atoms with Crippen LogP contribution in [0.25, 0.3) is 0 Å². The lowest BCUT2D eigenvalue weighted by Gasteiger charge is -2.38. The Bertz CT molecular complexity index is 868. The molecule has 2 atom stereocenters. The van der Waals surface area contributed by atoms with Crippen molar-refractivity contribution in [2.24, 2.45) is 0 Å². The van der Waals surface area contributed by atoms with Gasteiger partial charge < -0.3 is 14.4 Å². The van der Waals surface area contributed by atoms with Crippen LogP contribution in [0, 0.1) is 10.1 Å². The van der Waals surface area contributed by atoms with E-state index < -0.39 is 28.9 Å². The van der Waals surface area contributed by atoms with Crippen molar-refractivity contribution in [2.75, 3.05) is 13.7 Å². The molecular weight excluding hydrogens is 376 g/mol. The monoisotopic (exact) mass is 398 g/mol. The third-order valence-corrected chi connectivity index (χ3v) is 5.04. The number of nitro groups is 1. The van der Waals surface area contributed by atoms with Crippen LogP contribution in [0.15, 0.2) is 54.6 Å². The maximum absolute atomic E-state index is 12.9. The summed E-state index contributed by atoms with van der Waals surface area (Å²) in [5.74, 6) is -0.818. The quantitative estimate of drug-likeness (QED) is 0.430. The fraction of sp³-hybridized carbons (Fsp3) is 0.333. The number of non-ortho nitro benzene ring substituents is 1. The molecule has 2 aromatic rings. The first-order valence-corrected chi connectivity index (χ1v) is 9.37. The number of benzene rings is 2. The van der Waals surface area contributed by atoms with E-state index in [4.69, 9.17) is 9.47 Å². The molecule has 2 unspecified atom stereocenters. The Labute approximate surface area is 168 Å². The molecule has 0 spiro atoms. The summed E-state index contributed by atoms with van der Waals surface area (Å²) in [4.78, 5) is 37.2. The molecule has 8 heteroatoms. The minimum atomic E-state index is -0.620. The molecule has 1 fully saturated rings. The van der Waals surface area contributed by atoms with Gasteiger partial charge >= 0.3 is 12.1 Å². The van der Waals surface area contributed by atoms with E-state index in [1.165, 1.54) is 31.4 Å².